The molecule has 23 heavy (non-hydrogen) atoms. The molecule has 0 N–H and O–H groups in total. The molecule has 1 aliphatic rings. The van der Waals surface area contributed by atoms with Crippen molar-refractivity contribution in [1.29, 1.82) is 0 Å². The molecule has 1 aromatic carbocycles. The fourth-order valence-corrected chi connectivity index (χ4v) is 3.10. The Labute approximate surface area is 149 Å². The average Bonchev–Trinajstić information content (AvgIpc) is 3.12. The highest BCUT2D eigenvalue weighted by Gasteiger charge is 2.20. The standard InChI is InChI=1S/C16H17N3O2S.BrH/c1-11-9-16(20)19(18-11)8-7-15-17-14(10-22-15)12-3-5-13(21-2)6-4-12;/h3-6,10H,7-9H2,1-2H3;1H/p-1. The molecule has 7 heteroatoms. The van der Waals surface area contributed by atoms with E-state index in [0.717, 1.165) is 34.1 Å². The second-order valence-corrected chi connectivity index (χ2v) is 6.08. The number of ether oxygens (including phenoxy) is 1. The minimum Gasteiger partial charge on any atom is -1.00 e. The lowest BCUT2D eigenvalue weighted by Crippen LogP contribution is -3.00. The predicted octanol–water partition coefficient (Wildman–Crippen LogP) is -0.0266. The van der Waals surface area contributed by atoms with Gasteiger partial charge in [0.15, 0.2) is 0 Å². The number of hydrogen-bond donors (Lipinski definition) is 0. The molecule has 5 nitrogen and oxygen atoms in total. The van der Waals surface area contributed by atoms with Crippen molar-refractivity contribution in [1.82, 2.24) is 9.99 Å². The van der Waals surface area contributed by atoms with Crippen LogP contribution in [0.5, 0.6) is 5.75 Å². The van der Waals surface area contributed by atoms with Gasteiger partial charge in [-0.3, -0.25) is 4.79 Å². The molecule has 0 unspecified atom stereocenters. The molecule has 0 atom stereocenters. The zero-order chi connectivity index (χ0) is 15.5. The van der Waals surface area contributed by atoms with Gasteiger partial charge in [0.25, 0.3) is 0 Å². The van der Waals surface area contributed by atoms with Crippen molar-refractivity contribution < 1.29 is 26.5 Å². The van der Waals surface area contributed by atoms with E-state index in [4.69, 9.17) is 4.74 Å². The Morgan fingerprint density at radius 1 is 1.30 bits per heavy atom. The van der Waals surface area contributed by atoms with E-state index in [1.54, 1.807) is 23.5 Å². The summed E-state index contributed by atoms with van der Waals surface area (Å²) < 4.78 is 5.16. The smallest absolute Gasteiger partial charge is 0.248 e. The molecule has 0 saturated heterocycles. The van der Waals surface area contributed by atoms with E-state index in [1.807, 2.05) is 36.6 Å². The van der Waals surface area contributed by atoms with Gasteiger partial charge in [0.2, 0.25) is 5.91 Å². The van der Waals surface area contributed by atoms with Crippen LogP contribution >= 0.6 is 11.3 Å². The van der Waals surface area contributed by atoms with Crippen LogP contribution in [0, 0.1) is 0 Å². The molecule has 1 aliphatic heterocycles. The van der Waals surface area contributed by atoms with Crippen LogP contribution in [0.4, 0.5) is 0 Å². The van der Waals surface area contributed by atoms with Crippen molar-refractivity contribution >= 4 is 23.0 Å². The largest absolute Gasteiger partial charge is 1.00 e. The van der Waals surface area contributed by atoms with Crippen molar-refractivity contribution in [3.63, 3.8) is 0 Å². The Bertz CT molecular complexity index is 712. The number of amides is 1. The zero-order valence-corrected chi connectivity index (χ0v) is 15.4. The molecule has 122 valence electrons. The van der Waals surface area contributed by atoms with Gasteiger partial charge in [-0.15, -0.1) is 11.3 Å². The summed E-state index contributed by atoms with van der Waals surface area (Å²) in [5, 5.41) is 8.83. The van der Waals surface area contributed by atoms with Crippen molar-refractivity contribution in [3.05, 3.63) is 34.7 Å². The number of hydrazone groups is 1. The SMILES string of the molecule is COc1ccc(-c2csc(CCN3N=C(C)CC3=O)n2)cc1.[Br-]. The number of thiazole rings is 1. The van der Waals surface area contributed by atoms with Gasteiger partial charge in [0.05, 0.1) is 30.8 Å². The van der Waals surface area contributed by atoms with E-state index in [9.17, 15) is 4.79 Å². The van der Waals surface area contributed by atoms with Crippen molar-refractivity contribution in [2.45, 2.75) is 19.8 Å². The molecule has 0 radical (unpaired) electrons. The average molecular weight is 395 g/mol. The molecule has 3 rings (SSSR count). The zero-order valence-electron chi connectivity index (χ0n) is 13.0. The molecule has 1 amide bonds. The maximum Gasteiger partial charge on any atom is 0.248 e. The molecule has 2 heterocycles. The third kappa shape index (κ3) is 4.17. The molecule has 0 saturated carbocycles. The number of benzene rings is 1. The van der Waals surface area contributed by atoms with Gasteiger partial charge in [0.1, 0.15) is 5.75 Å². The molecular weight excluding hydrogens is 378 g/mol. The minimum atomic E-state index is 0. The lowest BCUT2D eigenvalue weighted by molar-refractivity contribution is -0.128. The third-order valence-corrected chi connectivity index (χ3v) is 4.37. The first-order chi connectivity index (χ1) is 10.7. The monoisotopic (exact) mass is 394 g/mol. The van der Waals surface area contributed by atoms with Crippen molar-refractivity contribution in [2.24, 2.45) is 5.10 Å². The second kappa shape index (κ2) is 7.70. The molecule has 0 bridgehead atoms. The number of aromatic nitrogens is 1. The second-order valence-electron chi connectivity index (χ2n) is 5.13. The lowest BCUT2D eigenvalue weighted by Gasteiger charge is -2.09. The number of rotatable bonds is 5. The van der Waals surface area contributed by atoms with E-state index >= 15 is 0 Å². The normalized spacial score (nSPS) is 13.7. The van der Waals surface area contributed by atoms with Gasteiger partial charge in [0, 0.05) is 23.1 Å². The summed E-state index contributed by atoms with van der Waals surface area (Å²) in [6.07, 6.45) is 1.16. The molecule has 0 spiro atoms. The Morgan fingerprint density at radius 3 is 2.65 bits per heavy atom. The molecule has 0 aliphatic carbocycles. The van der Waals surface area contributed by atoms with Crippen LogP contribution in [0.1, 0.15) is 18.4 Å². The fraction of sp³-hybridized carbons (Fsp3) is 0.312. The first-order valence-electron chi connectivity index (χ1n) is 7.09. The fourth-order valence-electron chi connectivity index (χ4n) is 2.30. The van der Waals surface area contributed by atoms with E-state index in [-0.39, 0.29) is 22.9 Å². The van der Waals surface area contributed by atoms with Gasteiger partial charge in [-0.25, -0.2) is 9.99 Å². The first-order valence-corrected chi connectivity index (χ1v) is 7.97. The molecule has 1 aromatic heterocycles. The number of carbonyl (C=O) groups excluding carboxylic acids is 1. The summed E-state index contributed by atoms with van der Waals surface area (Å²) in [6.45, 7) is 2.47. The van der Waals surface area contributed by atoms with Crippen LogP contribution in [0.25, 0.3) is 11.3 Å². The number of methoxy groups -OCH3 is 1. The van der Waals surface area contributed by atoms with Crippen LogP contribution < -0.4 is 21.7 Å². The maximum absolute atomic E-state index is 11.7. The Kier molecular flexibility index (Phi) is 5.90. The molecular formula is C16H17BrN3O2S-. The summed E-state index contributed by atoms with van der Waals surface area (Å²) in [6, 6.07) is 7.84. The first kappa shape index (κ1) is 17.6. The summed E-state index contributed by atoms with van der Waals surface area (Å²) in [7, 11) is 1.65. The number of carbonyl (C=O) groups is 1. The number of halogens is 1. The van der Waals surface area contributed by atoms with Gasteiger partial charge in [-0.1, -0.05) is 0 Å². The van der Waals surface area contributed by atoms with Crippen LogP contribution in [0.2, 0.25) is 0 Å². The minimum absolute atomic E-state index is 0. The summed E-state index contributed by atoms with van der Waals surface area (Å²) in [5.41, 5.74) is 2.90. The third-order valence-electron chi connectivity index (χ3n) is 3.46. The Morgan fingerprint density at radius 2 is 2.04 bits per heavy atom. The van der Waals surface area contributed by atoms with Gasteiger partial charge < -0.3 is 21.7 Å². The summed E-state index contributed by atoms with van der Waals surface area (Å²) in [5.74, 6) is 0.907. The number of hydrogen-bond acceptors (Lipinski definition) is 5. The maximum atomic E-state index is 11.7. The van der Waals surface area contributed by atoms with E-state index in [2.05, 4.69) is 10.1 Å². The van der Waals surface area contributed by atoms with Crippen LogP contribution in [0.15, 0.2) is 34.7 Å². The quantitative estimate of drug-likeness (QED) is 0.715. The predicted molar refractivity (Wildman–Crippen MR) is 87.2 cm³/mol. The van der Waals surface area contributed by atoms with Crippen LogP contribution in [0.3, 0.4) is 0 Å². The van der Waals surface area contributed by atoms with Gasteiger partial charge >= 0.3 is 0 Å². The van der Waals surface area contributed by atoms with E-state index in [0.29, 0.717) is 13.0 Å². The lowest BCUT2D eigenvalue weighted by atomic mass is 10.2. The van der Waals surface area contributed by atoms with E-state index < -0.39 is 0 Å². The Balaban J connectivity index is 0.00000192. The molecule has 0 fully saturated rings. The van der Waals surface area contributed by atoms with Gasteiger partial charge in [-0.2, -0.15) is 5.10 Å². The topological polar surface area (TPSA) is 54.8 Å². The van der Waals surface area contributed by atoms with Crippen LogP contribution in [-0.4, -0.2) is 35.3 Å². The van der Waals surface area contributed by atoms with Crippen molar-refractivity contribution in [2.75, 3.05) is 13.7 Å². The highest BCUT2D eigenvalue weighted by molar-refractivity contribution is 7.09. The van der Waals surface area contributed by atoms with Crippen LogP contribution in [-0.2, 0) is 11.2 Å². The summed E-state index contributed by atoms with van der Waals surface area (Å²) in [4.78, 5) is 16.3. The Hall–Kier alpha value is -1.73. The highest BCUT2D eigenvalue weighted by Crippen LogP contribution is 2.24. The summed E-state index contributed by atoms with van der Waals surface area (Å²) >= 11 is 1.61. The molecule has 2 aromatic rings. The van der Waals surface area contributed by atoms with Crippen molar-refractivity contribution in [3.8, 4) is 17.0 Å². The van der Waals surface area contributed by atoms with Gasteiger partial charge in [-0.05, 0) is 31.2 Å². The highest BCUT2D eigenvalue weighted by atomic mass is 79.9. The number of nitrogens with zero attached hydrogens (tertiary/aromatic N) is 3. The van der Waals surface area contributed by atoms with E-state index in [1.165, 1.54) is 0 Å².